The van der Waals surface area contributed by atoms with Crippen LogP contribution in [0, 0.1) is 11.8 Å². The molecule has 2 atom stereocenters. The Bertz CT molecular complexity index is 588. The molecule has 1 saturated carbocycles. The molecule has 2 unspecified atom stereocenters. The Morgan fingerprint density at radius 3 is 2.38 bits per heavy atom. The third-order valence-electron chi connectivity index (χ3n) is 5.55. The van der Waals surface area contributed by atoms with E-state index in [1.165, 1.54) is 0 Å². The zero-order valence-electron chi connectivity index (χ0n) is 15.2. The molecule has 6 heteroatoms. The fourth-order valence-electron chi connectivity index (χ4n) is 4.00. The van der Waals surface area contributed by atoms with Crippen LogP contribution in [0.5, 0.6) is 0 Å². The highest BCUT2D eigenvalue weighted by molar-refractivity contribution is 5.85. The van der Waals surface area contributed by atoms with Crippen molar-refractivity contribution in [1.29, 1.82) is 0 Å². The van der Waals surface area contributed by atoms with Crippen molar-refractivity contribution >= 4 is 24.2 Å². The van der Waals surface area contributed by atoms with Crippen molar-refractivity contribution in [3.8, 4) is 0 Å². The largest absolute Gasteiger partial charge is 0.352 e. The van der Waals surface area contributed by atoms with Gasteiger partial charge in [-0.2, -0.15) is 0 Å². The van der Waals surface area contributed by atoms with Gasteiger partial charge in [0.15, 0.2) is 0 Å². The van der Waals surface area contributed by atoms with E-state index < -0.39 is 0 Å². The maximum atomic E-state index is 12.7. The highest BCUT2D eigenvalue weighted by Gasteiger charge is 2.32. The number of piperidine rings is 1. The molecule has 0 spiro atoms. The summed E-state index contributed by atoms with van der Waals surface area (Å²) in [5, 5.41) is 3.02. The number of likely N-dealkylation sites (tertiary alicyclic amines) is 1. The average Bonchev–Trinajstić information content (AvgIpc) is 2.66. The van der Waals surface area contributed by atoms with Crippen molar-refractivity contribution in [3.05, 3.63) is 35.9 Å². The van der Waals surface area contributed by atoms with Crippen LogP contribution in [-0.2, 0) is 16.1 Å². The van der Waals surface area contributed by atoms with Gasteiger partial charge in [0.2, 0.25) is 11.8 Å². The van der Waals surface area contributed by atoms with Gasteiger partial charge in [-0.05, 0) is 37.7 Å². The zero-order chi connectivity index (χ0) is 17.6. The fourth-order valence-corrected chi connectivity index (χ4v) is 4.00. The van der Waals surface area contributed by atoms with Crippen molar-refractivity contribution < 1.29 is 9.59 Å². The summed E-state index contributed by atoms with van der Waals surface area (Å²) in [6, 6.07) is 10.1. The van der Waals surface area contributed by atoms with Crippen LogP contribution in [0.25, 0.3) is 0 Å². The van der Waals surface area contributed by atoms with Crippen molar-refractivity contribution in [1.82, 2.24) is 10.2 Å². The standard InChI is InChI=1S/C20H29N3O2.ClH/c21-18-8-4-7-17(13-18)20(25)23-11-9-16(10-12-23)19(24)22-14-15-5-2-1-3-6-15;/h1-3,5-6,16-18H,4,7-14,21H2,(H,22,24);1H. The number of hydrogen-bond donors (Lipinski definition) is 2. The molecular formula is C20H30ClN3O2. The van der Waals surface area contributed by atoms with Crippen LogP contribution in [-0.4, -0.2) is 35.8 Å². The summed E-state index contributed by atoms with van der Waals surface area (Å²) < 4.78 is 0. The van der Waals surface area contributed by atoms with Crippen molar-refractivity contribution in [2.75, 3.05) is 13.1 Å². The molecule has 0 aromatic heterocycles. The second-order valence-corrected chi connectivity index (χ2v) is 7.43. The lowest BCUT2D eigenvalue weighted by molar-refractivity contribution is -0.140. The van der Waals surface area contributed by atoms with Crippen molar-refractivity contribution in [2.45, 2.75) is 51.1 Å². The second kappa shape index (κ2) is 9.93. The Balaban J connectivity index is 0.00000243. The Kier molecular flexibility index (Phi) is 7.91. The zero-order valence-corrected chi connectivity index (χ0v) is 16.0. The number of halogens is 1. The summed E-state index contributed by atoms with van der Waals surface area (Å²) in [6.07, 6.45) is 5.37. The number of nitrogens with one attached hydrogen (secondary N) is 1. The van der Waals surface area contributed by atoms with Crippen molar-refractivity contribution in [3.63, 3.8) is 0 Å². The molecule has 0 radical (unpaired) electrons. The van der Waals surface area contributed by atoms with Crippen molar-refractivity contribution in [2.24, 2.45) is 17.6 Å². The summed E-state index contributed by atoms with van der Waals surface area (Å²) in [4.78, 5) is 27.0. The van der Waals surface area contributed by atoms with E-state index in [1.54, 1.807) is 0 Å². The third-order valence-corrected chi connectivity index (χ3v) is 5.55. The number of amides is 2. The van der Waals surface area contributed by atoms with Crippen LogP contribution in [0.2, 0.25) is 0 Å². The minimum Gasteiger partial charge on any atom is -0.352 e. The van der Waals surface area contributed by atoms with Gasteiger partial charge in [-0.1, -0.05) is 36.8 Å². The Hall–Kier alpha value is -1.59. The summed E-state index contributed by atoms with van der Waals surface area (Å²) >= 11 is 0. The van der Waals surface area contributed by atoms with E-state index in [-0.39, 0.29) is 42.1 Å². The molecule has 3 rings (SSSR count). The molecule has 26 heavy (non-hydrogen) atoms. The number of benzene rings is 1. The maximum absolute atomic E-state index is 12.7. The molecule has 144 valence electrons. The van der Waals surface area contributed by atoms with Gasteiger partial charge in [-0.3, -0.25) is 9.59 Å². The topological polar surface area (TPSA) is 75.4 Å². The average molecular weight is 380 g/mol. The van der Waals surface area contributed by atoms with Gasteiger partial charge in [0.25, 0.3) is 0 Å². The predicted molar refractivity (Wildman–Crippen MR) is 105 cm³/mol. The van der Waals surface area contributed by atoms with E-state index in [0.717, 1.165) is 44.1 Å². The molecule has 1 aliphatic carbocycles. The van der Waals surface area contributed by atoms with Crippen LogP contribution in [0.3, 0.4) is 0 Å². The van der Waals surface area contributed by atoms with Crippen LogP contribution in [0.15, 0.2) is 30.3 Å². The first kappa shape index (κ1) is 20.7. The van der Waals surface area contributed by atoms with Gasteiger partial charge in [0.1, 0.15) is 0 Å². The first-order chi connectivity index (χ1) is 12.1. The minimum atomic E-state index is 0. The lowest BCUT2D eigenvalue weighted by atomic mass is 9.84. The van der Waals surface area contributed by atoms with Gasteiger partial charge < -0.3 is 16.0 Å². The van der Waals surface area contributed by atoms with E-state index >= 15 is 0 Å². The number of rotatable bonds is 4. The minimum absolute atomic E-state index is 0. The SMILES string of the molecule is Cl.NC1CCCC(C(=O)N2CCC(C(=O)NCc3ccccc3)CC2)C1. The summed E-state index contributed by atoms with van der Waals surface area (Å²) in [5.41, 5.74) is 7.12. The molecule has 2 amide bonds. The third kappa shape index (κ3) is 5.45. The molecule has 1 aliphatic heterocycles. The fraction of sp³-hybridized carbons (Fsp3) is 0.600. The molecule has 1 saturated heterocycles. The number of carbonyl (C=O) groups excluding carboxylic acids is 2. The lowest BCUT2D eigenvalue weighted by Gasteiger charge is -2.35. The summed E-state index contributed by atoms with van der Waals surface area (Å²) in [6.45, 7) is 1.95. The predicted octanol–water partition coefficient (Wildman–Crippen LogP) is 2.48. The second-order valence-electron chi connectivity index (χ2n) is 7.43. The lowest BCUT2D eigenvalue weighted by Crippen LogP contribution is -2.46. The van der Waals surface area contributed by atoms with Gasteiger partial charge in [-0.15, -0.1) is 12.4 Å². The quantitative estimate of drug-likeness (QED) is 0.843. The van der Waals surface area contributed by atoms with Crippen LogP contribution < -0.4 is 11.1 Å². The molecule has 1 aromatic rings. The van der Waals surface area contributed by atoms with E-state index in [9.17, 15) is 9.59 Å². The monoisotopic (exact) mass is 379 g/mol. The molecular weight excluding hydrogens is 350 g/mol. The molecule has 3 N–H and O–H groups in total. The highest BCUT2D eigenvalue weighted by Crippen LogP contribution is 2.27. The normalized spacial score (nSPS) is 23.8. The van der Waals surface area contributed by atoms with E-state index in [0.29, 0.717) is 19.6 Å². The smallest absolute Gasteiger partial charge is 0.225 e. The molecule has 1 heterocycles. The van der Waals surface area contributed by atoms with E-state index in [4.69, 9.17) is 5.73 Å². The number of nitrogens with two attached hydrogens (primary N) is 1. The Morgan fingerprint density at radius 2 is 1.73 bits per heavy atom. The van der Waals surface area contributed by atoms with Crippen LogP contribution >= 0.6 is 12.4 Å². The molecule has 0 bridgehead atoms. The molecule has 1 aromatic carbocycles. The molecule has 5 nitrogen and oxygen atoms in total. The van der Waals surface area contributed by atoms with Gasteiger partial charge >= 0.3 is 0 Å². The number of hydrogen-bond acceptors (Lipinski definition) is 3. The molecule has 2 fully saturated rings. The summed E-state index contributed by atoms with van der Waals surface area (Å²) in [7, 11) is 0. The number of nitrogens with zero attached hydrogens (tertiary/aromatic N) is 1. The maximum Gasteiger partial charge on any atom is 0.225 e. The van der Waals surface area contributed by atoms with Gasteiger partial charge in [-0.25, -0.2) is 0 Å². The van der Waals surface area contributed by atoms with Crippen LogP contribution in [0.1, 0.15) is 44.1 Å². The Morgan fingerprint density at radius 1 is 1.04 bits per heavy atom. The number of carbonyl (C=O) groups is 2. The van der Waals surface area contributed by atoms with Crippen LogP contribution in [0.4, 0.5) is 0 Å². The highest BCUT2D eigenvalue weighted by atomic mass is 35.5. The van der Waals surface area contributed by atoms with Gasteiger partial charge in [0.05, 0.1) is 0 Å². The van der Waals surface area contributed by atoms with E-state index in [2.05, 4.69) is 5.32 Å². The Labute approximate surface area is 162 Å². The van der Waals surface area contributed by atoms with Gasteiger partial charge in [0, 0.05) is 37.5 Å². The first-order valence-corrected chi connectivity index (χ1v) is 9.49. The summed E-state index contributed by atoms with van der Waals surface area (Å²) in [5.74, 6) is 0.461. The first-order valence-electron chi connectivity index (χ1n) is 9.49. The molecule has 2 aliphatic rings. The van der Waals surface area contributed by atoms with E-state index in [1.807, 2.05) is 35.2 Å².